The number of ether oxygens (including phenoxy) is 2. The van der Waals surface area contributed by atoms with E-state index >= 15 is 0 Å². The Morgan fingerprint density at radius 3 is 2.74 bits per heavy atom. The number of hydrogen-bond donors (Lipinski definition) is 2. The maximum absolute atomic E-state index is 13.0. The minimum atomic E-state index is -4.59. The zero-order valence-corrected chi connectivity index (χ0v) is 17.0. The summed E-state index contributed by atoms with van der Waals surface area (Å²) in [5.74, 6) is -0.985. The van der Waals surface area contributed by atoms with Crippen LogP contribution in [0, 0.1) is 0 Å². The molecule has 0 radical (unpaired) electrons. The lowest BCUT2D eigenvalue weighted by Crippen LogP contribution is -2.44. The molecule has 1 aliphatic heterocycles. The van der Waals surface area contributed by atoms with E-state index in [0.717, 1.165) is 28.8 Å². The van der Waals surface area contributed by atoms with Crippen molar-refractivity contribution < 1.29 is 40.3 Å². The summed E-state index contributed by atoms with van der Waals surface area (Å²) in [6.45, 7) is 0.885. The van der Waals surface area contributed by atoms with Crippen molar-refractivity contribution in [2.45, 2.75) is 12.6 Å². The van der Waals surface area contributed by atoms with Crippen LogP contribution in [0.2, 0.25) is 0 Å². The zero-order valence-electron chi connectivity index (χ0n) is 16.2. The third-order valence-corrected chi connectivity index (χ3v) is 5.74. The number of alkyl halides is 3. The Bertz CT molecular complexity index is 1030. The molecule has 31 heavy (non-hydrogen) atoms. The van der Waals surface area contributed by atoms with Crippen molar-refractivity contribution in [1.29, 1.82) is 0 Å². The summed E-state index contributed by atoms with van der Waals surface area (Å²) < 4.78 is 81.8. The quantitative estimate of drug-likeness (QED) is 0.667. The normalized spacial score (nSPS) is 15.9. The molecule has 1 aromatic carbocycles. The molecule has 1 saturated heterocycles. The minimum absolute atomic E-state index is 0.0724. The van der Waals surface area contributed by atoms with E-state index in [4.69, 9.17) is 13.9 Å². The average Bonchev–Trinajstić information content (AvgIpc) is 2.98. The Labute approximate surface area is 175 Å². The van der Waals surface area contributed by atoms with Crippen molar-refractivity contribution in [2.75, 3.05) is 38.7 Å². The fourth-order valence-electron chi connectivity index (χ4n) is 2.73. The number of hydrogen-bond acceptors (Lipinski definition) is 8. The molecule has 0 spiro atoms. The zero-order chi connectivity index (χ0) is 22.6. The van der Waals surface area contributed by atoms with Crippen molar-refractivity contribution in [3.05, 3.63) is 35.7 Å². The lowest BCUT2D eigenvalue weighted by atomic mass is 10.2. The fraction of sp³-hybridized carbons (Fsp3) is 0.412. The van der Waals surface area contributed by atoms with Crippen LogP contribution in [-0.2, 0) is 21.1 Å². The van der Waals surface area contributed by atoms with Gasteiger partial charge in [0, 0.05) is 19.7 Å². The van der Waals surface area contributed by atoms with Crippen LogP contribution in [-0.4, -0.2) is 57.0 Å². The van der Waals surface area contributed by atoms with Crippen LogP contribution in [0.1, 0.15) is 22.5 Å². The van der Waals surface area contributed by atoms with Gasteiger partial charge in [-0.2, -0.15) is 30.9 Å². The first-order chi connectivity index (χ1) is 14.6. The van der Waals surface area contributed by atoms with E-state index < -0.39 is 27.9 Å². The third kappa shape index (κ3) is 5.65. The molecule has 1 amide bonds. The van der Waals surface area contributed by atoms with E-state index in [0.29, 0.717) is 13.0 Å². The van der Waals surface area contributed by atoms with E-state index in [1.807, 2.05) is 4.72 Å². The van der Waals surface area contributed by atoms with E-state index in [9.17, 15) is 26.4 Å². The second kappa shape index (κ2) is 9.11. The van der Waals surface area contributed by atoms with Crippen LogP contribution < -0.4 is 14.8 Å². The second-order valence-electron chi connectivity index (χ2n) is 6.38. The van der Waals surface area contributed by atoms with Crippen molar-refractivity contribution in [2.24, 2.45) is 0 Å². The molecular weight excluding hydrogens is 445 g/mol. The summed E-state index contributed by atoms with van der Waals surface area (Å²) in [5.41, 5.74) is -1.43. The van der Waals surface area contributed by atoms with Gasteiger partial charge in [0.15, 0.2) is 5.69 Å². The standard InChI is InChI=1S/C17H19F3N4O6S/c1-28-14-4-3-11(17(18,19)20)9-12(14)21-16-22-13(10-30-16)15(25)23-31(26,27)24-5-2-7-29-8-6-24/h3-4,9-10H,2,5-8H2,1H3,(H,21,22)(H,23,25). The van der Waals surface area contributed by atoms with Crippen LogP contribution in [0.3, 0.4) is 0 Å². The summed E-state index contributed by atoms with van der Waals surface area (Å²) in [6.07, 6.45) is -3.23. The lowest BCUT2D eigenvalue weighted by Gasteiger charge is -2.18. The molecular formula is C17H19F3N4O6S. The first kappa shape index (κ1) is 22.8. The summed E-state index contributed by atoms with van der Waals surface area (Å²) in [4.78, 5) is 16.1. The predicted molar refractivity (Wildman–Crippen MR) is 101 cm³/mol. The Hall–Kier alpha value is -2.84. The second-order valence-corrected chi connectivity index (χ2v) is 8.05. The molecule has 2 heterocycles. The Balaban J connectivity index is 1.73. The number of nitrogens with zero attached hydrogens (tertiary/aromatic N) is 2. The van der Waals surface area contributed by atoms with Gasteiger partial charge >= 0.3 is 16.4 Å². The largest absolute Gasteiger partial charge is 0.495 e. The van der Waals surface area contributed by atoms with Crippen LogP contribution >= 0.6 is 0 Å². The van der Waals surface area contributed by atoms with E-state index in [1.165, 1.54) is 7.11 Å². The molecule has 170 valence electrons. The van der Waals surface area contributed by atoms with Crippen LogP contribution in [0.15, 0.2) is 28.9 Å². The number of amides is 1. The monoisotopic (exact) mass is 464 g/mol. The number of methoxy groups -OCH3 is 1. The van der Waals surface area contributed by atoms with Gasteiger partial charge in [-0.25, -0.2) is 4.72 Å². The Kier molecular flexibility index (Phi) is 6.71. The molecule has 0 unspecified atom stereocenters. The topological polar surface area (TPSA) is 123 Å². The fourth-order valence-corrected chi connectivity index (χ4v) is 3.88. The number of oxazole rings is 1. The molecule has 1 fully saturated rings. The number of nitrogens with one attached hydrogen (secondary N) is 2. The van der Waals surface area contributed by atoms with Gasteiger partial charge in [-0.3, -0.25) is 4.79 Å². The highest BCUT2D eigenvalue weighted by atomic mass is 32.2. The number of benzene rings is 1. The van der Waals surface area contributed by atoms with Gasteiger partial charge in [0.25, 0.3) is 11.9 Å². The van der Waals surface area contributed by atoms with Crippen molar-refractivity contribution in [3.63, 3.8) is 0 Å². The van der Waals surface area contributed by atoms with Gasteiger partial charge in [0.05, 0.1) is 25.0 Å². The molecule has 1 aliphatic rings. The van der Waals surface area contributed by atoms with Crippen molar-refractivity contribution in [3.8, 4) is 5.75 Å². The van der Waals surface area contributed by atoms with E-state index in [2.05, 4.69) is 10.3 Å². The van der Waals surface area contributed by atoms with Crippen LogP contribution in [0.5, 0.6) is 5.75 Å². The lowest BCUT2D eigenvalue weighted by molar-refractivity contribution is -0.137. The van der Waals surface area contributed by atoms with Gasteiger partial charge in [0.1, 0.15) is 12.0 Å². The summed E-state index contributed by atoms with van der Waals surface area (Å²) in [5, 5.41) is 2.49. The molecule has 14 heteroatoms. The molecule has 0 saturated carbocycles. The highest BCUT2D eigenvalue weighted by Crippen LogP contribution is 2.36. The molecule has 3 rings (SSSR count). The Morgan fingerprint density at radius 1 is 1.26 bits per heavy atom. The summed E-state index contributed by atoms with van der Waals surface area (Å²) in [7, 11) is -2.86. The maximum Gasteiger partial charge on any atom is 0.416 e. The first-order valence-electron chi connectivity index (χ1n) is 8.98. The summed E-state index contributed by atoms with van der Waals surface area (Å²) in [6, 6.07) is 2.41. The van der Waals surface area contributed by atoms with Crippen molar-refractivity contribution >= 4 is 27.8 Å². The molecule has 2 N–H and O–H groups in total. The van der Waals surface area contributed by atoms with Gasteiger partial charge in [-0.05, 0) is 24.6 Å². The third-order valence-electron chi connectivity index (χ3n) is 4.25. The average molecular weight is 464 g/mol. The highest BCUT2D eigenvalue weighted by molar-refractivity contribution is 7.87. The van der Waals surface area contributed by atoms with Gasteiger partial charge in [0.2, 0.25) is 0 Å². The SMILES string of the molecule is COc1ccc(C(F)(F)F)cc1Nc1nc(C(=O)NS(=O)(=O)N2CCCOCC2)co1. The molecule has 10 nitrogen and oxygen atoms in total. The van der Waals surface area contributed by atoms with Crippen molar-refractivity contribution in [1.82, 2.24) is 14.0 Å². The smallest absolute Gasteiger partial charge is 0.416 e. The van der Waals surface area contributed by atoms with Crippen LogP contribution in [0.4, 0.5) is 24.9 Å². The maximum atomic E-state index is 13.0. The van der Waals surface area contributed by atoms with Gasteiger partial charge in [-0.1, -0.05) is 0 Å². The van der Waals surface area contributed by atoms with E-state index in [1.54, 1.807) is 0 Å². The number of aromatic nitrogens is 1. The number of rotatable bonds is 6. The number of halogens is 3. The summed E-state index contributed by atoms with van der Waals surface area (Å²) >= 11 is 0. The number of carbonyl (C=O) groups is 1. The minimum Gasteiger partial charge on any atom is -0.495 e. The van der Waals surface area contributed by atoms with E-state index in [-0.39, 0.29) is 42.8 Å². The molecule has 1 aromatic heterocycles. The van der Waals surface area contributed by atoms with Crippen LogP contribution in [0.25, 0.3) is 0 Å². The Morgan fingerprint density at radius 2 is 2.03 bits per heavy atom. The number of carbonyl (C=O) groups excluding carboxylic acids is 1. The first-order valence-corrected chi connectivity index (χ1v) is 10.4. The molecule has 0 bridgehead atoms. The van der Waals surface area contributed by atoms with Gasteiger partial charge in [-0.15, -0.1) is 0 Å². The highest BCUT2D eigenvalue weighted by Gasteiger charge is 2.31. The molecule has 0 aliphatic carbocycles. The van der Waals surface area contributed by atoms with Gasteiger partial charge < -0.3 is 19.2 Å². The molecule has 0 atom stereocenters. The number of anilines is 2. The molecule has 2 aromatic rings. The predicted octanol–water partition coefficient (Wildman–Crippen LogP) is 2.14.